The van der Waals surface area contributed by atoms with Crippen molar-refractivity contribution in [2.24, 2.45) is 0 Å². The molecule has 0 radical (unpaired) electrons. The number of furan rings is 1. The summed E-state index contributed by atoms with van der Waals surface area (Å²) in [7, 11) is -1.28. The molecular weight excluding hydrogens is 382 g/mol. The molecule has 6 heteroatoms. The number of benzene rings is 2. The molecule has 140 valence electrons. The fraction of sp³-hybridized carbons (Fsp3) is 0.190. The van der Waals surface area contributed by atoms with Gasteiger partial charge in [-0.2, -0.15) is 0 Å². The van der Waals surface area contributed by atoms with E-state index < -0.39 is 10.8 Å². The topological polar surface area (TPSA) is 59.3 Å². The molecule has 0 fully saturated rings. The van der Waals surface area contributed by atoms with E-state index in [2.05, 4.69) is 17.4 Å². The van der Waals surface area contributed by atoms with Gasteiger partial charge in [0.2, 0.25) is 0 Å². The van der Waals surface area contributed by atoms with Crippen LogP contribution < -0.4 is 5.32 Å². The van der Waals surface area contributed by atoms with E-state index in [-0.39, 0.29) is 17.4 Å². The average Bonchev–Trinajstić information content (AvgIpc) is 3.14. The first kappa shape index (κ1) is 19.4. The average molecular weight is 402 g/mol. The van der Waals surface area contributed by atoms with Gasteiger partial charge >= 0.3 is 0 Å². The molecule has 1 amide bonds. The second-order valence-corrected chi connectivity index (χ2v) is 7.95. The maximum atomic E-state index is 12.4. The molecule has 1 heterocycles. The summed E-state index contributed by atoms with van der Waals surface area (Å²) < 4.78 is 17.9. The standard InChI is InChI=1S/C21H20ClNO3S/c22-17-9-4-10-19(14-17)27(25)15-18-11-12-20(26-18)21(24)23-13-5-8-16-6-2-1-3-7-16/h1-4,6-7,9-12,14H,5,8,13,15H2,(H,23,24)/t27-/m0/s1. The summed E-state index contributed by atoms with van der Waals surface area (Å²) in [6.45, 7) is 0.568. The summed E-state index contributed by atoms with van der Waals surface area (Å²) in [5.41, 5.74) is 1.25. The van der Waals surface area contributed by atoms with Crippen molar-refractivity contribution in [1.29, 1.82) is 0 Å². The third kappa shape index (κ3) is 5.81. The Morgan fingerprint density at radius 1 is 1.04 bits per heavy atom. The molecular formula is C21H20ClNO3S. The van der Waals surface area contributed by atoms with Gasteiger partial charge in [-0.15, -0.1) is 0 Å². The Hall–Kier alpha value is -2.37. The SMILES string of the molecule is O=C(NCCCc1ccccc1)c1ccc(C[S@](=O)c2cccc(Cl)c2)o1. The highest BCUT2D eigenvalue weighted by molar-refractivity contribution is 7.84. The lowest BCUT2D eigenvalue weighted by molar-refractivity contribution is 0.0924. The van der Waals surface area contributed by atoms with E-state index in [1.54, 1.807) is 36.4 Å². The first-order valence-electron chi connectivity index (χ1n) is 8.66. The van der Waals surface area contributed by atoms with E-state index in [1.807, 2.05) is 18.2 Å². The first-order chi connectivity index (χ1) is 13.1. The van der Waals surface area contributed by atoms with Crippen LogP contribution in [0.5, 0.6) is 0 Å². The third-order valence-electron chi connectivity index (χ3n) is 3.99. The number of carbonyl (C=O) groups excluding carboxylic acids is 1. The number of hydrogen-bond donors (Lipinski definition) is 1. The highest BCUT2D eigenvalue weighted by Gasteiger charge is 2.13. The number of aryl methyl sites for hydroxylation is 1. The minimum atomic E-state index is -1.28. The van der Waals surface area contributed by atoms with Crippen LogP contribution in [0.1, 0.15) is 28.3 Å². The molecule has 1 aromatic heterocycles. The van der Waals surface area contributed by atoms with Gasteiger partial charge in [0, 0.05) is 16.5 Å². The molecule has 0 spiro atoms. The van der Waals surface area contributed by atoms with Crippen LogP contribution in [-0.4, -0.2) is 16.7 Å². The molecule has 3 aromatic rings. The summed E-state index contributed by atoms with van der Waals surface area (Å²) in [6, 6.07) is 20.3. The number of amides is 1. The van der Waals surface area contributed by atoms with E-state index in [0.29, 0.717) is 22.2 Å². The van der Waals surface area contributed by atoms with Gasteiger partial charge in [-0.25, -0.2) is 0 Å². The van der Waals surface area contributed by atoms with Gasteiger partial charge in [-0.05, 0) is 48.7 Å². The van der Waals surface area contributed by atoms with Crippen LogP contribution in [0.15, 0.2) is 76.0 Å². The Balaban J connectivity index is 1.48. The van der Waals surface area contributed by atoms with Crippen molar-refractivity contribution in [2.75, 3.05) is 6.54 Å². The van der Waals surface area contributed by atoms with Crippen molar-refractivity contribution in [1.82, 2.24) is 5.32 Å². The first-order valence-corrected chi connectivity index (χ1v) is 10.4. The Kier molecular flexibility index (Phi) is 6.85. The quantitative estimate of drug-likeness (QED) is 0.561. The summed E-state index contributed by atoms with van der Waals surface area (Å²) in [5.74, 6) is 0.667. The lowest BCUT2D eigenvalue weighted by atomic mass is 10.1. The van der Waals surface area contributed by atoms with Gasteiger partial charge in [0.15, 0.2) is 5.76 Å². The Bertz CT molecular complexity index is 924. The van der Waals surface area contributed by atoms with E-state index in [4.69, 9.17) is 16.0 Å². The van der Waals surface area contributed by atoms with E-state index in [9.17, 15) is 9.00 Å². The summed E-state index contributed by atoms with van der Waals surface area (Å²) in [5, 5.41) is 3.39. The molecule has 0 aliphatic carbocycles. The summed E-state index contributed by atoms with van der Waals surface area (Å²) >= 11 is 5.93. The van der Waals surface area contributed by atoms with Crippen LogP contribution in [0.2, 0.25) is 5.02 Å². The highest BCUT2D eigenvalue weighted by atomic mass is 35.5. The van der Waals surface area contributed by atoms with E-state index in [1.165, 1.54) is 5.56 Å². The number of carbonyl (C=O) groups is 1. The number of halogens is 1. The molecule has 0 aliphatic rings. The van der Waals surface area contributed by atoms with Crippen LogP contribution in [0.25, 0.3) is 0 Å². The van der Waals surface area contributed by atoms with Gasteiger partial charge in [0.05, 0.1) is 16.6 Å². The Morgan fingerprint density at radius 2 is 1.85 bits per heavy atom. The molecule has 0 unspecified atom stereocenters. The minimum absolute atomic E-state index is 0.196. The normalized spacial score (nSPS) is 11.9. The smallest absolute Gasteiger partial charge is 0.286 e. The van der Waals surface area contributed by atoms with Crippen molar-refractivity contribution in [3.63, 3.8) is 0 Å². The molecule has 2 aromatic carbocycles. The molecule has 0 aliphatic heterocycles. The zero-order valence-corrected chi connectivity index (χ0v) is 16.3. The van der Waals surface area contributed by atoms with Gasteiger partial charge in [0.25, 0.3) is 5.91 Å². The molecule has 0 saturated carbocycles. The molecule has 3 rings (SSSR count). The predicted octanol–water partition coefficient (Wildman–Crippen LogP) is 4.60. The van der Waals surface area contributed by atoms with Crippen molar-refractivity contribution in [3.8, 4) is 0 Å². The maximum Gasteiger partial charge on any atom is 0.286 e. The largest absolute Gasteiger partial charge is 0.455 e. The lowest BCUT2D eigenvalue weighted by Crippen LogP contribution is -2.24. The molecule has 0 bridgehead atoms. The molecule has 1 atom stereocenters. The zero-order valence-electron chi connectivity index (χ0n) is 14.7. The summed E-state index contributed by atoms with van der Waals surface area (Å²) in [6.07, 6.45) is 1.76. The third-order valence-corrected chi connectivity index (χ3v) is 5.55. The van der Waals surface area contributed by atoms with E-state index >= 15 is 0 Å². The second-order valence-electron chi connectivity index (χ2n) is 6.06. The molecule has 4 nitrogen and oxygen atoms in total. The van der Waals surface area contributed by atoms with Crippen molar-refractivity contribution in [3.05, 3.63) is 88.8 Å². The molecule has 0 saturated heterocycles. The van der Waals surface area contributed by atoms with Gasteiger partial charge < -0.3 is 9.73 Å². The molecule has 27 heavy (non-hydrogen) atoms. The van der Waals surface area contributed by atoms with Crippen molar-refractivity contribution < 1.29 is 13.4 Å². The highest BCUT2D eigenvalue weighted by Crippen LogP contribution is 2.18. The number of nitrogens with one attached hydrogen (secondary N) is 1. The zero-order chi connectivity index (χ0) is 19.1. The van der Waals surface area contributed by atoms with Gasteiger partial charge in [0.1, 0.15) is 5.76 Å². The van der Waals surface area contributed by atoms with Gasteiger partial charge in [-0.3, -0.25) is 9.00 Å². The van der Waals surface area contributed by atoms with Gasteiger partial charge in [-0.1, -0.05) is 48.0 Å². The van der Waals surface area contributed by atoms with Crippen molar-refractivity contribution in [2.45, 2.75) is 23.5 Å². The van der Waals surface area contributed by atoms with Crippen LogP contribution in [0.3, 0.4) is 0 Å². The fourth-order valence-electron chi connectivity index (χ4n) is 2.62. The minimum Gasteiger partial charge on any atom is -0.455 e. The van der Waals surface area contributed by atoms with Crippen LogP contribution in [0.4, 0.5) is 0 Å². The van der Waals surface area contributed by atoms with Crippen molar-refractivity contribution >= 4 is 28.3 Å². The maximum absolute atomic E-state index is 12.4. The van der Waals surface area contributed by atoms with Crippen LogP contribution in [-0.2, 0) is 23.0 Å². The van der Waals surface area contributed by atoms with E-state index in [0.717, 1.165) is 12.8 Å². The number of hydrogen-bond acceptors (Lipinski definition) is 3. The lowest BCUT2D eigenvalue weighted by Gasteiger charge is -2.04. The molecule has 1 N–H and O–H groups in total. The Morgan fingerprint density at radius 3 is 2.63 bits per heavy atom. The van der Waals surface area contributed by atoms with Crippen LogP contribution in [0, 0.1) is 0 Å². The number of rotatable bonds is 8. The predicted molar refractivity (Wildman–Crippen MR) is 107 cm³/mol. The van der Waals surface area contributed by atoms with Crippen LogP contribution >= 0.6 is 11.6 Å². The fourth-order valence-corrected chi connectivity index (χ4v) is 3.95. The summed E-state index contributed by atoms with van der Waals surface area (Å²) in [4.78, 5) is 12.8. The monoisotopic (exact) mass is 401 g/mol. The Labute approximate surface area is 166 Å². The second kappa shape index (κ2) is 9.53.